The van der Waals surface area contributed by atoms with Gasteiger partial charge in [0.2, 0.25) is 11.8 Å². The van der Waals surface area contributed by atoms with Crippen molar-refractivity contribution in [3.05, 3.63) is 0 Å². The van der Waals surface area contributed by atoms with Crippen LogP contribution < -0.4 is 11.1 Å². The molecule has 1 heterocycles. The normalized spacial score (nSPS) is 25.3. The maximum Gasteiger partial charge on any atom is 0.326 e. The summed E-state index contributed by atoms with van der Waals surface area (Å²) < 4.78 is 0. The molecule has 1 fully saturated rings. The fraction of sp³-hybridized carbons (Fsp3) is 0.786. The van der Waals surface area contributed by atoms with Gasteiger partial charge in [0.25, 0.3) is 0 Å². The first-order valence-corrected chi connectivity index (χ1v) is 7.33. The highest BCUT2D eigenvalue weighted by Gasteiger charge is 2.35. The van der Waals surface area contributed by atoms with E-state index in [1.165, 1.54) is 0 Å². The third-order valence-corrected chi connectivity index (χ3v) is 4.14. The molecule has 1 aliphatic rings. The summed E-state index contributed by atoms with van der Waals surface area (Å²) in [5.41, 5.74) is 5.01. The van der Waals surface area contributed by atoms with Crippen LogP contribution in [0, 0.1) is 0 Å². The van der Waals surface area contributed by atoms with E-state index in [1.807, 2.05) is 0 Å². The molecular formula is C14H25N3O4. The molecule has 4 N–H and O–H groups in total. The molecule has 4 atom stereocenters. The molecule has 0 spiro atoms. The van der Waals surface area contributed by atoms with Gasteiger partial charge in [0.1, 0.15) is 6.04 Å². The SMILES string of the molecule is CC1CCC(C)N1C(C)C(=O)NC(CCC(N)=O)C(=O)O. The Bertz CT molecular complexity index is 403. The predicted molar refractivity (Wildman–Crippen MR) is 77.5 cm³/mol. The Morgan fingerprint density at radius 2 is 1.81 bits per heavy atom. The highest BCUT2D eigenvalue weighted by atomic mass is 16.4. The number of rotatable bonds is 7. The topological polar surface area (TPSA) is 113 Å². The second-order valence-corrected chi connectivity index (χ2v) is 5.80. The van der Waals surface area contributed by atoms with Gasteiger partial charge >= 0.3 is 5.97 Å². The van der Waals surface area contributed by atoms with E-state index in [2.05, 4.69) is 24.1 Å². The first-order chi connectivity index (χ1) is 9.73. The summed E-state index contributed by atoms with van der Waals surface area (Å²) in [6, 6.07) is -0.877. The fourth-order valence-electron chi connectivity index (χ4n) is 2.95. The largest absolute Gasteiger partial charge is 0.480 e. The van der Waals surface area contributed by atoms with Crippen molar-refractivity contribution < 1.29 is 19.5 Å². The third-order valence-electron chi connectivity index (χ3n) is 4.14. The van der Waals surface area contributed by atoms with Crippen LogP contribution in [0.25, 0.3) is 0 Å². The number of carboxylic acids is 1. The highest BCUT2D eigenvalue weighted by Crippen LogP contribution is 2.25. The maximum absolute atomic E-state index is 12.2. The number of hydrogen-bond donors (Lipinski definition) is 3. The number of nitrogens with two attached hydrogens (primary N) is 1. The minimum atomic E-state index is -1.15. The number of nitrogens with one attached hydrogen (secondary N) is 1. The number of primary amides is 1. The van der Waals surface area contributed by atoms with E-state index in [9.17, 15) is 14.4 Å². The molecule has 7 heteroatoms. The van der Waals surface area contributed by atoms with Crippen LogP contribution in [0.15, 0.2) is 0 Å². The summed E-state index contributed by atoms with van der Waals surface area (Å²) in [6.45, 7) is 5.91. The van der Waals surface area contributed by atoms with Crippen LogP contribution in [0.3, 0.4) is 0 Å². The van der Waals surface area contributed by atoms with Crippen LogP contribution in [0.1, 0.15) is 46.5 Å². The van der Waals surface area contributed by atoms with Gasteiger partial charge in [-0.05, 0) is 40.0 Å². The average Bonchev–Trinajstić information content (AvgIpc) is 2.72. The van der Waals surface area contributed by atoms with Crippen molar-refractivity contribution in [1.82, 2.24) is 10.2 Å². The van der Waals surface area contributed by atoms with Gasteiger partial charge in [-0.15, -0.1) is 0 Å². The summed E-state index contributed by atoms with van der Waals surface area (Å²) in [4.78, 5) is 36.2. The zero-order valence-corrected chi connectivity index (χ0v) is 12.8. The molecule has 0 saturated carbocycles. The van der Waals surface area contributed by atoms with E-state index in [0.29, 0.717) is 12.1 Å². The molecule has 0 aromatic heterocycles. The molecule has 1 rings (SSSR count). The molecule has 0 aromatic rings. The first-order valence-electron chi connectivity index (χ1n) is 7.33. The Hall–Kier alpha value is -1.63. The van der Waals surface area contributed by atoms with Gasteiger partial charge in [-0.1, -0.05) is 0 Å². The highest BCUT2D eigenvalue weighted by molar-refractivity contribution is 5.87. The van der Waals surface area contributed by atoms with Gasteiger partial charge in [0.05, 0.1) is 6.04 Å². The van der Waals surface area contributed by atoms with Crippen molar-refractivity contribution in [2.24, 2.45) is 5.73 Å². The molecule has 0 aromatic carbocycles. The number of carbonyl (C=O) groups is 3. The van der Waals surface area contributed by atoms with Gasteiger partial charge < -0.3 is 16.2 Å². The molecule has 1 aliphatic heterocycles. The van der Waals surface area contributed by atoms with Gasteiger partial charge in [0, 0.05) is 18.5 Å². The number of hydrogen-bond acceptors (Lipinski definition) is 4. The Kier molecular flexibility index (Phi) is 6.14. The van der Waals surface area contributed by atoms with Crippen LogP contribution in [0.2, 0.25) is 0 Å². The Balaban J connectivity index is 2.63. The zero-order valence-electron chi connectivity index (χ0n) is 12.8. The Labute approximate surface area is 124 Å². The lowest BCUT2D eigenvalue weighted by molar-refractivity contribution is -0.143. The minimum Gasteiger partial charge on any atom is -0.480 e. The molecule has 120 valence electrons. The lowest BCUT2D eigenvalue weighted by Gasteiger charge is -2.32. The van der Waals surface area contributed by atoms with Crippen molar-refractivity contribution in [1.29, 1.82) is 0 Å². The van der Waals surface area contributed by atoms with E-state index in [1.54, 1.807) is 6.92 Å². The van der Waals surface area contributed by atoms with Gasteiger partial charge in [-0.2, -0.15) is 0 Å². The van der Waals surface area contributed by atoms with Crippen LogP contribution >= 0.6 is 0 Å². The molecule has 1 saturated heterocycles. The maximum atomic E-state index is 12.2. The summed E-state index contributed by atoms with van der Waals surface area (Å²) in [5.74, 6) is -2.06. The van der Waals surface area contributed by atoms with E-state index in [0.717, 1.165) is 12.8 Å². The molecular weight excluding hydrogens is 274 g/mol. The molecule has 2 amide bonds. The van der Waals surface area contributed by atoms with E-state index in [4.69, 9.17) is 10.8 Å². The van der Waals surface area contributed by atoms with Crippen molar-refractivity contribution in [2.75, 3.05) is 0 Å². The lowest BCUT2D eigenvalue weighted by Crippen LogP contribution is -2.53. The van der Waals surface area contributed by atoms with Crippen molar-refractivity contribution in [3.63, 3.8) is 0 Å². The molecule has 7 nitrogen and oxygen atoms in total. The number of carboxylic acid groups (broad SMARTS) is 1. The number of likely N-dealkylation sites (tertiary alicyclic amines) is 1. The van der Waals surface area contributed by atoms with E-state index < -0.39 is 24.0 Å². The second kappa shape index (κ2) is 7.40. The number of carbonyl (C=O) groups excluding carboxylic acids is 2. The van der Waals surface area contributed by atoms with Crippen LogP contribution in [-0.2, 0) is 14.4 Å². The third kappa shape index (κ3) is 4.70. The molecule has 0 bridgehead atoms. The molecule has 21 heavy (non-hydrogen) atoms. The first kappa shape index (κ1) is 17.4. The van der Waals surface area contributed by atoms with Crippen LogP contribution in [0.4, 0.5) is 0 Å². The number of nitrogens with zero attached hydrogens (tertiary/aromatic N) is 1. The van der Waals surface area contributed by atoms with Crippen LogP contribution in [0.5, 0.6) is 0 Å². The standard InChI is InChI=1S/C14H25N3O4/c1-8-4-5-9(2)17(8)10(3)13(19)16-11(14(20)21)6-7-12(15)18/h8-11H,4-7H2,1-3H3,(H2,15,18)(H,16,19)(H,20,21). The second-order valence-electron chi connectivity index (χ2n) is 5.80. The van der Waals surface area contributed by atoms with Gasteiger partial charge in [-0.3, -0.25) is 14.5 Å². The Morgan fingerprint density at radius 3 is 2.24 bits per heavy atom. The van der Waals surface area contributed by atoms with Gasteiger partial charge in [0.15, 0.2) is 0 Å². The van der Waals surface area contributed by atoms with E-state index >= 15 is 0 Å². The average molecular weight is 299 g/mol. The van der Waals surface area contributed by atoms with Gasteiger partial charge in [-0.25, -0.2) is 4.79 Å². The summed E-state index contributed by atoms with van der Waals surface area (Å²) in [6.07, 6.45) is 2.00. The summed E-state index contributed by atoms with van der Waals surface area (Å²) in [5, 5.41) is 11.6. The molecule has 0 aliphatic carbocycles. The monoisotopic (exact) mass is 299 g/mol. The van der Waals surface area contributed by atoms with Crippen molar-refractivity contribution >= 4 is 17.8 Å². The molecule has 4 unspecified atom stereocenters. The fourth-order valence-corrected chi connectivity index (χ4v) is 2.95. The number of aliphatic carboxylic acids is 1. The van der Waals surface area contributed by atoms with E-state index in [-0.39, 0.29) is 18.7 Å². The van der Waals surface area contributed by atoms with Crippen molar-refractivity contribution in [2.45, 2.75) is 70.6 Å². The smallest absolute Gasteiger partial charge is 0.326 e. The van der Waals surface area contributed by atoms with Crippen molar-refractivity contribution in [3.8, 4) is 0 Å². The zero-order chi connectivity index (χ0) is 16.2. The minimum absolute atomic E-state index is 0.00817. The number of amides is 2. The summed E-state index contributed by atoms with van der Waals surface area (Å²) in [7, 11) is 0. The Morgan fingerprint density at radius 1 is 1.29 bits per heavy atom. The molecule has 0 radical (unpaired) electrons. The van der Waals surface area contributed by atoms with Crippen LogP contribution in [-0.4, -0.2) is 52.0 Å². The quantitative estimate of drug-likeness (QED) is 0.616. The predicted octanol–water partition coefficient (Wildman–Crippen LogP) is 0.0826. The lowest BCUT2D eigenvalue weighted by atomic mass is 10.1. The summed E-state index contributed by atoms with van der Waals surface area (Å²) >= 11 is 0.